The summed E-state index contributed by atoms with van der Waals surface area (Å²) in [7, 11) is 0. The maximum Gasteiger partial charge on any atom is 0.261 e. The van der Waals surface area contributed by atoms with E-state index < -0.39 is 11.7 Å². The highest BCUT2D eigenvalue weighted by molar-refractivity contribution is 6.34. The van der Waals surface area contributed by atoms with Gasteiger partial charge in [0.15, 0.2) is 5.82 Å². The number of nitrogens with zero attached hydrogens (tertiary/aromatic N) is 2. The molecule has 94 valence electrons. The van der Waals surface area contributed by atoms with Gasteiger partial charge in [-0.1, -0.05) is 17.7 Å². The molecular weight excluding hydrogens is 257 g/mol. The number of carbonyl (C=O) groups excluding carboxylic acids is 1. The second-order valence-corrected chi connectivity index (χ2v) is 4.01. The Balaban J connectivity index is 2.22. The lowest BCUT2D eigenvalue weighted by Crippen LogP contribution is -2.15. The molecule has 2 aromatic rings. The molecule has 6 heteroatoms. The van der Waals surface area contributed by atoms with Gasteiger partial charge < -0.3 is 5.32 Å². The summed E-state index contributed by atoms with van der Waals surface area (Å²) in [6, 6.07) is 5.73. The molecule has 1 aromatic carbocycles. The van der Waals surface area contributed by atoms with Gasteiger partial charge in [0.1, 0.15) is 5.82 Å². The van der Waals surface area contributed by atoms with Crippen LogP contribution < -0.4 is 5.32 Å². The number of aromatic nitrogens is 2. The molecule has 4 nitrogen and oxygen atoms in total. The summed E-state index contributed by atoms with van der Waals surface area (Å²) in [4.78, 5) is 11.9. The van der Waals surface area contributed by atoms with Gasteiger partial charge in [0.25, 0.3) is 5.91 Å². The molecule has 0 fully saturated rings. The van der Waals surface area contributed by atoms with Crippen LogP contribution >= 0.6 is 11.6 Å². The molecule has 18 heavy (non-hydrogen) atoms. The zero-order valence-corrected chi connectivity index (χ0v) is 10.4. The van der Waals surface area contributed by atoms with E-state index in [0.29, 0.717) is 12.4 Å². The fourth-order valence-corrected chi connectivity index (χ4v) is 1.75. The van der Waals surface area contributed by atoms with Crippen LogP contribution in [0.25, 0.3) is 0 Å². The van der Waals surface area contributed by atoms with Crippen molar-refractivity contribution in [1.82, 2.24) is 9.78 Å². The minimum Gasteiger partial charge on any atom is -0.305 e. The van der Waals surface area contributed by atoms with Gasteiger partial charge in [-0.2, -0.15) is 5.10 Å². The number of rotatable bonds is 3. The van der Waals surface area contributed by atoms with E-state index in [1.165, 1.54) is 18.2 Å². The third-order valence-corrected chi connectivity index (χ3v) is 2.71. The van der Waals surface area contributed by atoms with E-state index >= 15 is 0 Å². The lowest BCUT2D eigenvalue weighted by Gasteiger charge is -2.05. The molecule has 0 aliphatic rings. The van der Waals surface area contributed by atoms with Gasteiger partial charge in [0.2, 0.25) is 0 Å². The van der Waals surface area contributed by atoms with Crippen LogP contribution in [0.1, 0.15) is 17.3 Å². The van der Waals surface area contributed by atoms with Crippen molar-refractivity contribution in [3.63, 3.8) is 0 Å². The van der Waals surface area contributed by atoms with Crippen molar-refractivity contribution in [3.05, 3.63) is 46.9 Å². The highest BCUT2D eigenvalue weighted by atomic mass is 35.5. The van der Waals surface area contributed by atoms with E-state index in [4.69, 9.17) is 11.6 Å². The Morgan fingerprint density at radius 1 is 1.50 bits per heavy atom. The molecule has 2 rings (SSSR count). The number of nitrogens with one attached hydrogen (secondary N) is 1. The van der Waals surface area contributed by atoms with Crippen molar-refractivity contribution in [2.24, 2.45) is 0 Å². The summed E-state index contributed by atoms with van der Waals surface area (Å²) >= 11 is 5.80. The van der Waals surface area contributed by atoms with E-state index in [1.54, 1.807) is 16.9 Å². The van der Waals surface area contributed by atoms with Gasteiger partial charge in [0.05, 0.1) is 10.6 Å². The number of benzene rings is 1. The maximum atomic E-state index is 13.5. The van der Waals surface area contributed by atoms with Gasteiger partial charge in [-0.05, 0) is 19.1 Å². The van der Waals surface area contributed by atoms with Crippen molar-refractivity contribution in [2.45, 2.75) is 13.5 Å². The van der Waals surface area contributed by atoms with E-state index in [9.17, 15) is 9.18 Å². The van der Waals surface area contributed by atoms with Crippen molar-refractivity contribution < 1.29 is 9.18 Å². The number of hydrogen-bond acceptors (Lipinski definition) is 2. The molecule has 0 unspecified atom stereocenters. The van der Waals surface area contributed by atoms with Crippen molar-refractivity contribution in [3.8, 4) is 0 Å². The second-order valence-electron chi connectivity index (χ2n) is 3.61. The summed E-state index contributed by atoms with van der Waals surface area (Å²) in [5.74, 6) is -0.907. The van der Waals surface area contributed by atoms with Gasteiger partial charge in [-0.3, -0.25) is 9.48 Å². The Bertz CT molecular complexity index is 562. The monoisotopic (exact) mass is 267 g/mol. The van der Waals surface area contributed by atoms with Crippen LogP contribution in [0, 0.1) is 5.82 Å². The molecule has 0 radical (unpaired) electrons. The maximum absolute atomic E-state index is 13.5. The largest absolute Gasteiger partial charge is 0.305 e. The van der Waals surface area contributed by atoms with Crippen LogP contribution in [0.15, 0.2) is 30.5 Å². The molecule has 0 saturated carbocycles. The zero-order valence-electron chi connectivity index (χ0n) is 9.65. The van der Waals surface area contributed by atoms with E-state index in [1.807, 2.05) is 6.92 Å². The molecular formula is C12H11ClFN3O. The lowest BCUT2D eigenvalue weighted by molar-refractivity contribution is 0.102. The fraction of sp³-hybridized carbons (Fsp3) is 0.167. The molecule has 0 aliphatic carbocycles. The second kappa shape index (κ2) is 5.18. The normalized spacial score (nSPS) is 10.4. The molecule has 0 spiro atoms. The van der Waals surface area contributed by atoms with Crippen LogP contribution in [0.2, 0.25) is 5.02 Å². The quantitative estimate of drug-likeness (QED) is 0.929. The fourth-order valence-electron chi connectivity index (χ4n) is 1.50. The number of hydrogen-bond donors (Lipinski definition) is 1. The Morgan fingerprint density at radius 3 is 2.89 bits per heavy atom. The molecule has 1 N–H and O–H groups in total. The smallest absolute Gasteiger partial charge is 0.261 e. The Hall–Kier alpha value is -1.88. The van der Waals surface area contributed by atoms with Gasteiger partial charge in [0, 0.05) is 18.8 Å². The Morgan fingerprint density at radius 2 is 2.28 bits per heavy atom. The molecule has 1 amide bonds. The van der Waals surface area contributed by atoms with Crippen molar-refractivity contribution >= 4 is 23.3 Å². The summed E-state index contributed by atoms with van der Waals surface area (Å²) in [6.07, 6.45) is 1.72. The summed E-state index contributed by atoms with van der Waals surface area (Å²) in [5, 5.41) is 6.64. The van der Waals surface area contributed by atoms with Crippen LogP contribution in [0.4, 0.5) is 10.2 Å². The minimum atomic E-state index is -0.657. The third kappa shape index (κ3) is 2.51. The van der Waals surface area contributed by atoms with Crippen LogP contribution in [0.3, 0.4) is 0 Å². The first-order valence-electron chi connectivity index (χ1n) is 5.40. The highest BCUT2D eigenvalue weighted by Crippen LogP contribution is 2.20. The number of anilines is 1. The van der Waals surface area contributed by atoms with Crippen LogP contribution in [-0.2, 0) is 6.54 Å². The van der Waals surface area contributed by atoms with E-state index in [0.717, 1.165) is 0 Å². The first kappa shape index (κ1) is 12.6. The number of amides is 1. The number of carbonyl (C=O) groups is 1. The summed E-state index contributed by atoms with van der Waals surface area (Å²) < 4.78 is 15.2. The molecule has 0 bridgehead atoms. The molecule has 0 atom stereocenters. The molecule has 1 aromatic heterocycles. The SMILES string of the molecule is CCn1ccc(NC(=O)c2c(F)cccc2Cl)n1. The van der Waals surface area contributed by atoms with Crippen molar-refractivity contribution in [2.75, 3.05) is 5.32 Å². The number of halogens is 2. The standard InChI is InChI=1S/C12H11ClFN3O/c1-2-17-7-6-10(16-17)15-12(18)11-8(13)4-3-5-9(11)14/h3-7H,2H2,1H3,(H,15,16,18). The Kier molecular flexibility index (Phi) is 3.62. The van der Waals surface area contributed by atoms with E-state index in [2.05, 4.69) is 10.4 Å². The topological polar surface area (TPSA) is 46.9 Å². The van der Waals surface area contributed by atoms with Gasteiger partial charge >= 0.3 is 0 Å². The predicted octanol–water partition coefficient (Wildman–Crippen LogP) is 2.95. The van der Waals surface area contributed by atoms with Gasteiger partial charge in [-0.25, -0.2) is 4.39 Å². The van der Waals surface area contributed by atoms with Gasteiger partial charge in [-0.15, -0.1) is 0 Å². The highest BCUT2D eigenvalue weighted by Gasteiger charge is 2.16. The number of aryl methyl sites for hydroxylation is 1. The van der Waals surface area contributed by atoms with Crippen LogP contribution in [-0.4, -0.2) is 15.7 Å². The summed E-state index contributed by atoms with van der Waals surface area (Å²) in [5.41, 5.74) is -0.176. The lowest BCUT2D eigenvalue weighted by atomic mass is 10.2. The zero-order chi connectivity index (χ0) is 13.1. The van der Waals surface area contributed by atoms with Crippen LogP contribution in [0.5, 0.6) is 0 Å². The average Bonchev–Trinajstić information content (AvgIpc) is 2.76. The summed E-state index contributed by atoms with van der Waals surface area (Å²) in [6.45, 7) is 2.61. The Labute approximate surface area is 108 Å². The van der Waals surface area contributed by atoms with Crippen molar-refractivity contribution in [1.29, 1.82) is 0 Å². The minimum absolute atomic E-state index is 0.0717. The first-order valence-corrected chi connectivity index (χ1v) is 5.78. The average molecular weight is 268 g/mol. The van der Waals surface area contributed by atoms with E-state index in [-0.39, 0.29) is 10.6 Å². The predicted molar refractivity (Wildman–Crippen MR) is 67.3 cm³/mol. The molecule has 0 aliphatic heterocycles. The first-order chi connectivity index (χ1) is 8.61. The molecule has 1 heterocycles. The molecule has 0 saturated heterocycles. The third-order valence-electron chi connectivity index (χ3n) is 2.40.